The van der Waals surface area contributed by atoms with E-state index in [0.29, 0.717) is 55.9 Å². The SMILES string of the molecule is CCCn1c(=O)c(N2CCC(NC(=O)Nc3ccc4c(c3)OCCO4)CC2)nc2ccccc21. The van der Waals surface area contributed by atoms with E-state index in [2.05, 4.69) is 22.5 Å². The standard InChI is InChI=1S/C25H29N5O4/c1-2-11-30-20-6-4-3-5-19(20)28-23(24(30)31)29-12-9-17(10-13-29)26-25(32)27-18-7-8-21-22(16-18)34-15-14-33-21/h3-8,16-17H,2,9-15H2,1H3,(H2,26,27,32). The fourth-order valence-electron chi connectivity index (χ4n) is 4.54. The number of para-hydroxylation sites is 2. The summed E-state index contributed by atoms with van der Waals surface area (Å²) in [5.41, 5.74) is 2.29. The molecule has 0 unspecified atom stereocenters. The predicted molar refractivity (Wildman–Crippen MR) is 131 cm³/mol. The van der Waals surface area contributed by atoms with E-state index in [1.165, 1.54) is 0 Å². The third kappa shape index (κ3) is 4.50. The first-order chi connectivity index (χ1) is 16.6. The summed E-state index contributed by atoms with van der Waals surface area (Å²) in [6.07, 6.45) is 2.34. The van der Waals surface area contributed by atoms with Crippen LogP contribution in [0.4, 0.5) is 16.3 Å². The maximum Gasteiger partial charge on any atom is 0.319 e. The summed E-state index contributed by atoms with van der Waals surface area (Å²) in [7, 11) is 0. The highest BCUT2D eigenvalue weighted by molar-refractivity contribution is 5.90. The molecule has 1 fully saturated rings. The van der Waals surface area contributed by atoms with E-state index in [4.69, 9.17) is 9.47 Å². The number of aryl methyl sites for hydroxylation is 1. The number of anilines is 2. The number of fused-ring (bicyclic) bond motifs is 2. The molecule has 5 rings (SSSR count). The maximum atomic E-state index is 13.2. The zero-order chi connectivity index (χ0) is 23.5. The highest BCUT2D eigenvalue weighted by atomic mass is 16.6. The number of amides is 2. The molecule has 3 heterocycles. The fraction of sp³-hybridized carbons (Fsp3) is 0.400. The van der Waals surface area contributed by atoms with Crippen molar-refractivity contribution in [2.45, 2.75) is 38.8 Å². The Morgan fingerprint density at radius 3 is 2.65 bits per heavy atom. The molecular weight excluding hydrogens is 434 g/mol. The van der Waals surface area contributed by atoms with Crippen molar-refractivity contribution in [3.8, 4) is 11.5 Å². The van der Waals surface area contributed by atoms with Gasteiger partial charge in [-0.3, -0.25) is 4.79 Å². The molecule has 0 aliphatic carbocycles. The van der Waals surface area contributed by atoms with Gasteiger partial charge < -0.3 is 29.6 Å². The van der Waals surface area contributed by atoms with Crippen LogP contribution in [0.25, 0.3) is 11.0 Å². The number of carbonyl (C=O) groups is 1. The van der Waals surface area contributed by atoms with Crippen LogP contribution in [0.15, 0.2) is 47.3 Å². The Kier molecular flexibility index (Phi) is 6.24. The Morgan fingerprint density at radius 2 is 1.85 bits per heavy atom. The molecule has 2 aromatic carbocycles. The van der Waals surface area contributed by atoms with Gasteiger partial charge in [-0.25, -0.2) is 9.78 Å². The van der Waals surface area contributed by atoms with E-state index >= 15 is 0 Å². The lowest BCUT2D eigenvalue weighted by molar-refractivity contribution is 0.171. The second-order valence-electron chi connectivity index (χ2n) is 8.60. The molecule has 2 aliphatic heterocycles. The molecule has 0 saturated carbocycles. The second kappa shape index (κ2) is 9.62. The van der Waals surface area contributed by atoms with Gasteiger partial charge in [0.15, 0.2) is 17.3 Å². The Hall–Kier alpha value is -3.75. The van der Waals surface area contributed by atoms with Gasteiger partial charge in [0.05, 0.1) is 11.0 Å². The number of ether oxygens (including phenoxy) is 2. The van der Waals surface area contributed by atoms with Crippen LogP contribution in [0.3, 0.4) is 0 Å². The molecule has 1 saturated heterocycles. The fourth-order valence-corrected chi connectivity index (χ4v) is 4.54. The summed E-state index contributed by atoms with van der Waals surface area (Å²) >= 11 is 0. The molecule has 0 atom stereocenters. The Bertz CT molecular complexity index is 1250. The van der Waals surface area contributed by atoms with Gasteiger partial charge in [-0.2, -0.15) is 0 Å². The van der Waals surface area contributed by atoms with Gasteiger partial charge in [-0.1, -0.05) is 19.1 Å². The molecule has 0 radical (unpaired) electrons. The van der Waals surface area contributed by atoms with Gasteiger partial charge in [-0.15, -0.1) is 0 Å². The van der Waals surface area contributed by atoms with Gasteiger partial charge >= 0.3 is 6.03 Å². The molecule has 2 N–H and O–H groups in total. The van der Waals surface area contributed by atoms with Crippen molar-refractivity contribution >= 4 is 28.6 Å². The number of benzene rings is 2. The molecule has 9 heteroatoms. The largest absolute Gasteiger partial charge is 0.486 e. The molecule has 178 valence electrons. The van der Waals surface area contributed by atoms with Crippen LogP contribution in [-0.2, 0) is 6.54 Å². The third-order valence-electron chi connectivity index (χ3n) is 6.21. The summed E-state index contributed by atoms with van der Waals surface area (Å²) in [6, 6.07) is 12.9. The van der Waals surface area contributed by atoms with Crippen molar-refractivity contribution in [1.82, 2.24) is 14.9 Å². The van der Waals surface area contributed by atoms with Crippen molar-refractivity contribution < 1.29 is 14.3 Å². The van der Waals surface area contributed by atoms with Crippen LogP contribution >= 0.6 is 0 Å². The summed E-state index contributed by atoms with van der Waals surface area (Å²) in [5, 5.41) is 5.91. The number of rotatable bonds is 5. The molecule has 34 heavy (non-hydrogen) atoms. The van der Waals surface area contributed by atoms with E-state index in [1.54, 1.807) is 18.2 Å². The number of nitrogens with one attached hydrogen (secondary N) is 2. The lowest BCUT2D eigenvalue weighted by atomic mass is 10.1. The van der Waals surface area contributed by atoms with E-state index in [1.807, 2.05) is 33.7 Å². The van der Waals surface area contributed by atoms with Crippen LogP contribution in [-0.4, -0.2) is 47.9 Å². The molecule has 0 spiro atoms. The van der Waals surface area contributed by atoms with E-state index in [9.17, 15) is 9.59 Å². The topological polar surface area (TPSA) is 97.7 Å². The lowest BCUT2D eigenvalue weighted by Gasteiger charge is -2.33. The summed E-state index contributed by atoms with van der Waals surface area (Å²) in [6.45, 7) is 5.06. The Balaban J connectivity index is 1.22. The molecule has 0 bridgehead atoms. The van der Waals surface area contributed by atoms with Gasteiger partial charge in [0.2, 0.25) is 0 Å². The highest BCUT2D eigenvalue weighted by Gasteiger charge is 2.25. The van der Waals surface area contributed by atoms with Crippen LogP contribution in [0.2, 0.25) is 0 Å². The zero-order valence-electron chi connectivity index (χ0n) is 19.3. The number of carbonyl (C=O) groups excluding carboxylic acids is 1. The minimum Gasteiger partial charge on any atom is -0.486 e. The average Bonchev–Trinajstić information content (AvgIpc) is 2.86. The van der Waals surface area contributed by atoms with Gasteiger partial charge in [0.1, 0.15) is 13.2 Å². The minimum absolute atomic E-state index is 0.0202. The number of hydrogen-bond donors (Lipinski definition) is 2. The van der Waals surface area contributed by atoms with E-state index in [0.717, 1.165) is 30.3 Å². The molecule has 9 nitrogen and oxygen atoms in total. The van der Waals surface area contributed by atoms with E-state index in [-0.39, 0.29) is 17.6 Å². The molecule has 2 aliphatic rings. The summed E-state index contributed by atoms with van der Waals surface area (Å²) < 4.78 is 12.9. The second-order valence-corrected chi connectivity index (χ2v) is 8.60. The molecular formula is C25H29N5O4. The number of aromatic nitrogens is 2. The van der Waals surface area contributed by atoms with Crippen LogP contribution in [0.5, 0.6) is 11.5 Å². The number of nitrogens with zero attached hydrogens (tertiary/aromatic N) is 3. The molecule has 3 aromatic rings. The Morgan fingerprint density at radius 1 is 1.09 bits per heavy atom. The van der Waals surface area contributed by atoms with Crippen molar-refractivity contribution in [2.75, 3.05) is 36.5 Å². The zero-order valence-corrected chi connectivity index (χ0v) is 19.3. The van der Waals surface area contributed by atoms with Gasteiger partial charge in [0.25, 0.3) is 5.56 Å². The summed E-state index contributed by atoms with van der Waals surface area (Å²) in [5.74, 6) is 1.81. The quantitative estimate of drug-likeness (QED) is 0.602. The van der Waals surface area contributed by atoms with Crippen LogP contribution < -0.4 is 30.6 Å². The first-order valence-corrected chi connectivity index (χ1v) is 11.8. The smallest absolute Gasteiger partial charge is 0.319 e. The number of hydrogen-bond acceptors (Lipinski definition) is 6. The molecule has 1 aromatic heterocycles. The minimum atomic E-state index is -0.260. The average molecular weight is 464 g/mol. The first-order valence-electron chi connectivity index (χ1n) is 11.8. The third-order valence-corrected chi connectivity index (χ3v) is 6.21. The van der Waals surface area contributed by atoms with Crippen LogP contribution in [0, 0.1) is 0 Å². The Labute approximate surface area is 197 Å². The predicted octanol–water partition coefficient (Wildman–Crippen LogP) is 3.37. The lowest BCUT2D eigenvalue weighted by Crippen LogP contribution is -2.47. The highest BCUT2D eigenvalue weighted by Crippen LogP contribution is 2.32. The maximum absolute atomic E-state index is 13.2. The number of urea groups is 1. The van der Waals surface area contributed by atoms with Crippen molar-refractivity contribution in [3.05, 3.63) is 52.8 Å². The van der Waals surface area contributed by atoms with E-state index < -0.39 is 0 Å². The normalized spacial score (nSPS) is 15.9. The van der Waals surface area contributed by atoms with Crippen molar-refractivity contribution in [3.63, 3.8) is 0 Å². The van der Waals surface area contributed by atoms with Gasteiger partial charge in [0, 0.05) is 37.4 Å². The summed E-state index contributed by atoms with van der Waals surface area (Å²) in [4.78, 5) is 32.5. The molecule has 2 amide bonds. The van der Waals surface area contributed by atoms with Crippen molar-refractivity contribution in [1.29, 1.82) is 0 Å². The number of piperidine rings is 1. The monoisotopic (exact) mass is 463 g/mol. The van der Waals surface area contributed by atoms with Crippen LogP contribution in [0.1, 0.15) is 26.2 Å². The first kappa shape index (κ1) is 22.1. The van der Waals surface area contributed by atoms with Gasteiger partial charge in [-0.05, 0) is 43.5 Å². The van der Waals surface area contributed by atoms with Crippen molar-refractivity contribution in [2.24, 2.45) is 0 Å².